The zero-order valence-electron chi connectivity index (χ0n) is 11.5. The van der Waals surface area contributed by atoms with Crippen LogP contribution in [0.2, 0.25) is 0 Å². The predicted molar refractivity (Wildman–Crippen MR) is 76.5 cm³/mol. The molecule has 0 saturated heterocycles. The third-order valence-electron chi connectivity index (χ3n) is 3.14. The summed E-state index contributed by atoms with van der Waals surface area (Å²) in [5.41, 5.74) is 7.81. The third kappa shape index (κ3) is 3.65. The largest absolute Gasteiger partial charge is 0.327 e. The Labute approximate surface area is 117 Å². The van der Waals surface area contributed by atoms with Crippen molar-refractivity contribution in [3.05, 3.63) is 15.9 Å². The number of ketones is 1. The highest BCUT2D eigenvalue weighted by atomic mass is 79.9. The van der Waals surface area contributed by atoms with E-state index in [1.54, 1.807) is 0 Å². The second-order valence-electron chi connectivity index (χ2n) is 4.99. The maximum Gasteiger partial charge on any atom is 0.140 e. The Bertz CT molecular complexity index is 426. The van der Waals surface area contributed by atoms with Crippen LogP contribution in [0, 0.1) is 12.8 Å². The van der Waals surface area contributed by atoms with Crippen LogP contribution in [0.1, 0.15) is 38.6 Å². The number of hydrogen-bond acceptors (Lipinski definition) is 3. The number of halogens is 1. The number of Topliss-reactive ketones (excluding diaryl/α,β-unsaturated/α-hetero) is 1. The minimum atomic E-state index is -0.0598. The molecule has 1 rings (SSSR count). The molecule has 1 aromatic heterocycles. The molecule has 0 aliphatic rings. The zero-order valence-corrected chi connectivity index (χ0v) is 13.1. The van der Waals surface area contributed by atoms with Gasteiger partial charge in [0.2, 0.25) is 0 Å². The van der Waals surface area contributed by atoms with Gasteiger partial charge in [-0.05, 0) is 35.7 Å². The average molecular weight is 316 g/mol. The topological polar surface area (TPSA) is 60.9 Å². The van der Waals surface area contributed by atoms with E-state index in [2.05, 4.69) is 21.0 Å². The number of carbonyl (C=O) groups excluding carboxylic acids is 1. The number of carbonyl (C=O) groups is 1. The molecule has 0 saturated carbocycles. The van der Waals surface area contributed by atoms with Crippen LogP contribution in [0.25, 0.3) is 0 Å². The first kappa shape index (κ1) is 15.4. The molecule has 1 atom stereocenters. The van der Waals surface area contributed by atoms with E-state index >= 15 is 0 Å². The highest BCUT2D eigenvalue weighted by molar-refractivity contribution is 9.10. The van der Waals surface area contributed by atoms with Crippen LogP contribution in [-0.4, -0.2) is 21.6 Å². The van der Waals surface area contributed by atoms with E-state index in [1.165, 1.54) is 0 Å². The van der Waals surface area contributed by atoms with E-state index in [0.29, 0.717) is 18.8 Å². The highest BCUT2D eigenvalue weighted by Gasteiger charge is 2.18. The molecule has 0 fully saturated rings. The van der Waals surface area contributed by atoms with E-state index in [-0.39, 0.29) is 11.8 Å². The van der Waals surface area contributed by atoms with Crippen molar-refractivity contribution in [3.8, 4) is 0 Å². The summed E-state index contributed by atoms with van der Waals surface area (Å²) < 4.78 is 2.81. The molecule has 1 heterocycles. The molecular formula is C13H22BrN3O. The maximum absolute atomic E-state index is 12.0. The van der Waals surface area contributed by atoms with Crippen LogP contribution < -0.4 is 5.73 Å². The number of aryl methyl sites for hydroxylation is 2. The molecule has 1 aromatic rings. The molecule has 0 aromatic carbocycles. The van der Waals surface area contributed by atoms with Gasteiger partial charge in [0.25, 0.3) is 0 Å². The van der Waals surface area contributed by atoms with Gasteiger partial charge in [0.1, 0.15) is 5.78 Å². The smallest absolute Gasteiger partial charge is 0.140 e. The first-order valence-electron chi connectivity index (χ1n) is 6.35. The Balaban J connectivity index is 2.76. The van der Waals surface area contributed by atoms with E-state index in [1.807, 2.05) is 32.4 Å². The van der Waals surface area contributed by atoms with Gasteiger partial charge < -0.3 is 5.73 Å². The lowest BCUT2D eigenvalue weighted by Crippen LogP contribution is -2.30. The lowest BCUT2D eigenvalue weighted by Gasteiger charge is -2.14. The average Bonchev–Trinajstić information content (AvgIpc) is 2.56. The number of nitrogens with two attached hydrogens (primary N) is 1. The molecule has 0 radical (unpaired) electrons. The third-order valence-corrected chi connectivity index (χ3v) is 4.17. The fourth-order valence-electron chi connectivity index (χ4n) is 1.80. The Morgan fingerprint density at radius 3 is 2.61 bits per heavy atom. The standard InChI is InChI=1S/C13H22BrN3O/c1-5-17-12(13(14)9(4)16-17)7-10(18)6-11(15)8(2)3/h8,11H,5-7,15H2,1-4H3. The van der Waals surface area contributed by atoms with Gasteiger partial charge in [-0.2, -0.15) is 5.10 Å². The summed E-state index contributed by atoms with van der Waals surface area (Å²) in [4.78, 5) is 12.0. The molecule has 18 heavy (non-hydrogen) atoms. The summed E-state index contributed by atoms with van der Waals surface area (Å²) in [6.45, 7) is 8.80. The molecule has 0 aliphatic heterocycles. The van der Waals surface area contributed by atoms with E-state index in [4.69, 9.17) is 5.73 Å². The maximum atomic E-state index is 12.0. The summed E-state index contributed by atoms with van der Waals surface area (Å²) in [7, 11) is 0. The predicted octanol–water partition coefficient (Wildman–Crippen LogP) is 2.46. The molecule has 1 unspecified atom stereocenters. The molecular weight excluding hydrogens is 294 g/mol. The summed E-state index contributed by atoms with van der Waals surface area (Å²) >= 11 is 3.50. The number of rotatable bonds is 6. The summed E-state index contributed by atoms with van der Waals surface area (Å²) in [6, 6.07) is -0.0598. The Kier molecular flexibility index (Phi) is 5.53. The van der Waals surface area contributed by atoms with Gasteiger partial charge in [-0.15, -0.1) is 0 Å². The van der Waals surface area contributed by atoms with Gasteiger partial charge >= 0.3 is 0 Å². The molecule has 0 aliphatic carbocycles. The first-order chi connectivity index (χ1) is 8.36. The van der Waals surface area contributed by atoms with E-state index in [0.717, 1.165) is 22.4 Å². The zero-order chi connectivity index (χ0) is 13.9. The van der Waals surface area contributed by atoms with Crippen LogP contribution in [0.3, 0.4) is 0 Å². The molecule has 102 valence electrons. The number of aromatic nitrogens is 2. The van der Waals surface area contributed by atoms with Gasteiger partial charge in [0.05, 0.1) is 15.9 Å². The quantitative estimate of drug-likeness (QED) is 0.877. The number of hydrogen-bond donors (Lipinski definition) is 1. The van der Waals surface area contributed by atoms with E-state index < -0.39 is 0 Å². The number of nitrogens with zero attached hydrogens (tertiary/aromatic N) is 2. The van der Waals surface area contributed by atoms with Crippen molar-refractivity contribution in [2.45, 2.75) is 53.1 Å². The molecule has 0 spiro atoms. The molecule has 0 bridgehead atoms. The van der Waals surface area contributed by atoms with Crippen molar-refractivity contribution < 1.29 is 4.79 Å². The van der Waals surface area contributed by atoms with Gasteiger partial charge in [0.15, 0.2) is 0 Å². The van der Waals surface area contributed by atoms with Crippen LogP contribution >= 0.6 is 15.9 Å². The second-order valence-corrected chi connectivity index (χ2v) is 5.78. The molecule has 0 amide bonds. The first-order valence-corrected chi connectivity index (χ1v) is 7.15. The fourth-order valence-corrected chi connectivity index (χ4v) is 2.22. The Morgan fingerprint density at radius 2 is 2.11 bits per heavy atom. The minimum Gasteiger partial charge on any atom is -0.327 e. The Hall–Kier alpha value is -0.680. The summed E-state index contributed by atoms with van der Waals surface area (Å²) in [5.74, 6) is 0.502. The summed E-state index contributed by atoms with van der Waals surface area (Å²) in [6.07, 6.45) is 0.827. The van der Waals surface area contributed by atoms with Crippen molar-refractivity contribution in [3.63, 3.8) is 0 Å². The fraction of sp³-hybridized carbons (Fsp3) is 0.692. The van der Waals surface area contributed by atoms with Crippen LogP contribution in [0.4, 0.5) is 0 Å². The second kappa shape index (κ2) is 6.48. The van der Waals surface area contributed by atoms with Crippen molar-refractivity contribution in [2.24, 2.45) is 11.7 Å². The van der Waals surface area contributed by atoms with Crippen molar-refractivity contribution in [2.75, 3.05) is 0 Å². The molecule has 4 nitrogen and oxygen atoms in total. The Morgan fingerprint density at radius 1 is 1.50 bits per heavy atom. The SMILES string of the molecule is CCn1nc(C)c(Br)c1CC(=O)CC(N)C(C)C. The minimum absolute atomic E-state index is 0.0598. The lowest BCUT2D eigenvalue weighted by molar-refractivity contribution is -0.119. The van der Waals surface area contributed by atoms with Crippen molar-refractivity contribution in [1.82, 2.24) is 9.78 Å². The van der Waals surface area contributed by atoms with Gasteiger partial charge in [-0.25, -0.2) is 0 Å². The van der Waals surface area contributed by atoms with Crippen LogP contribution in [0.5, 0.6) is 0 Å². The van der Waals surface area contributed by atoms with Crippen LogP contribution in [0.15, 0.2) is 4.47 Å². The van der Waals surface area contributed by atoms with Gasteiger partial charge in [0, 0.05) is 25.4 Å². The molecule has 5 heteroatoms. The van der Waals surface area contributed by atoms with Crippen molar-refractivity contribution >= 4 is 21.7 Å². The van der Waals surface area contributed by atoms with Gasteiger partial charge in [-0.1, -0.05) is 13.8 Å². The molecule has 2 N–H and O–H groups in total. The summed E-state index contributed by atoms with van der Waals surface area (Å²) in [5, 5.41) is 4.38. The monoisotopic (exact) mass is 315 g/mol. The van der Waals surface area contributed by atoms with E-state index in [9.17, 15) is 4.79 Å². The lowest BCUT2D eigenvalue weighted by atomic mass is 9.98. The van der Waals surface area contributed by atoms with Crippen molar-refractivity contribution in [1.29, 1.82) is 0 Å². The van der Waals surface area contributed by atoms with Gasteiger partial charge in [-0.3, -0.25) is 9.48 Å². The van der Waals surface area contributed by atoms with Crippen LogP contribution in [-0.2, 0) is 17.8 Å². The highest BCUT2D eigenvalue weighted by Crippen LogP contribution is 2.22. The normalized spacial score (nSPS) is 13.1.